The van der Waals surface area contributed by atoms with Crippen molar-refractivity contribution in [2.24, 2.45) is 0 Å². The van der Waals surface area contributed by atoms with E-state index in [4.69, 9.17) is 99.5 Å². The van der Waals surface area contributed by atoms with Gasteiger partial charge in [-0.3, -0.25) is 24.0 Å². The Morgan fingerprint density at radius 1 is 0.207 bits per heavy atom. The Balaban J connectivity index is 0.976. The summed E-state index contributed by atoms with van der Waals surface area (Å²) in [6, 6.07) is -9.65. The highest BCUT2D eigenvalue weighted by Gasteiger charge is 2.64. The Morgan fingerprint density at radius 2 is 0.467 bits per heavy atom. The predicted molar refractivity (Wildman–Crippen MR) is 417 cm³/mol. The fraction of sp³-hybridized carbons (Fsp3) is 0.934. The van der Waals surface area contributed by atoms with Crippen LogP contribution in [0, 0.1) is 0 Å². The van der Waals surface area contributed by atoms with Crippen molar-refractivity contribution in [3.8, 4) is 0 Å². The number of carbonyl (C=O) groups is 5. The number of aliphatic hydroxyl groups excluding tert-OH is 28. The molecule has 33 N–H and O–H groups in total. The van der Waals surface area contributed by atoms with Crippen molar-refractivity contribution in [1.29, 1.82) is 0 Å². The third-order valence-corrected chi connectivity index (χ3v) is 24.9. The smallest absolute Gasteiger partial charge is 0.217 e. The lowest BCUT2D eigenvalue weighted by Gasteiger charge is -2.52. The molecule has 11 heterocycles. The molecule has 0 spiro atoms. The van der Waals surface area contributed by atoms with E-state index in [1.165, 1.54) is 13.8 Å². The maximum Gasteiger partial charge on any atom is 0.217 e. The van der Waals surface area contributed by atoms with Crippen LogP contribution in [0.4, 0.5) is 0 Å². The van der Waals surface area contributed by atoms with Gasteiger partial charge in [0, 0.05) is 34.6 Å². The maximum absolute atomic E-state index is 13.7. The molecule has 11 saturated heterocycles. The summed E-state index contributed by atoms with van der Waals surface area (Å²) in [7, 11) is 0. The second kappa shape index (κ2) is 48.2. The first-order chi connectivity index (χ1) is 63.8. The fourth-order valence-electron chi connectivity index (χ4n) is 17.7. The minimum Gasteiger partial charge on any atom is -0.394 e. The lowest BCUT2D eigenvalue weighted by Crippen LogP contribution is -2.72. The van der Waals surface area contributed by atoms with Gasteiger partial charge in [0.2, 0.25) is 29.5 Å². The van der Waals surface area contributed by atoms with E-state index in [1.807, 2.05) is 0 Å². The fourth-order valence-corrected chi connectivity index (χ4v) is 17.7. The van der Waals surface area contributed by atoms with Gasteiger partial charge in [-0.2, -0.15) is 0 Å². The molecule has 0 aromatic rings. The van der Waals surface area contributed by atoms with E-state index < -0.39 is 426 Å². The molecule has 780 valence electrons. The summed E-state index contributed by atoms with van der Waals surface area (Å²) < 4.78 is 128. The van der Waals surface area contributed by atoms with Gasteiger partial charge in [-0.25, -0.2) is 0 Å². The summed E-state index contributed by atoms with van der Waals surface area (Å²) >= 11 is 0. The molecule has 0 aromatic heterocycles. The molecule has 55 atom stereocenters. The Labute approximate surface area is 765 Å². The van der Waals surface area contributed by atoms with E-state index in [0.29, 0.717) is 0 Å². The largest absolute Gasteiger partial charge is 0.394 e. The zero-order valence-electron chi connectivity index (χ0n) is 73.3. The summed E-state index contributed by atoms with van der Waals surface area (Å²) in [6.07, 6.45) is -107. The summed E-state index contributed by atoms with van der Waals surface area (Å²) in [5.74, 6) is -4.76. The van der Waals surface area contributed by atoms with Gasteiger partial charge in [-0.05, 0) is 13.8 Å². The monoisotopic (exact) mass is 1970 g/mol. The van der Waals surface area contributed by atoms with E-state index in [9.17, 15) is 167 Å². The number of aliphatic hydroxyl groups is 28. The van der Waals surface area contributed by atoms with Gasteiger partial charge in [0.25, 0.3) is 0 Å². The average molecular weight is 1970 g/mol. The zero-order valence-corrected chi connectivity index (χ0v) is 73.3. The first-order valence-corrected chi connectivity index (χ1v) is 43.4. The summed E-state index contributed by atoms with van der Waals surface area (Å²) in [6.45, 7) is -3.52. The molecule has 11 rings (SSSR count). The molecule has 11 aliphatic heterocycles. The molecule has 0 saturated carbocycles. The summed E-state index contributed by atoms with van der Waals surface area (Å²) in [5.41, 5.74) is 0. The minimum absolute atomic E-state index is 0.819. The highest BCUT2D eigenvalue weighted by Crippen LogP contribution is 2.43. The van der Waals surface area contributed by atoms with Crippen molar-refractivity contribution in [1.82, 2.24) is 26.6 Å². The molecule has 0 bridgehead atoms. The molecule has 11 aliphatic rings. The standard InChI is InChI=1S/C76H127N5O54/c1-17-38(95)48(105)53(110)71(116-17)131-61-36(80-22(6)93)69(124-30(14-88)59(61)129-67-34(78-20(4)91)45(102)40(97)24(8-82)119-67)134-64-51(108)42(99)26(10-84)121-75(64)115-16-32-44(101)63(56(113)74(126-32)128-58-29(13-87)123-68(35(47(58)104)79-21(5)92)127-57-28(12-86)118-66(114)33(46(57)103)77-19(3)90)133-76-65(52(109)43(100)27(11-85)122-76)135-70-37(81-23(7)94)62(132-72-54(111)49(106)39(96)18(2)117-72)60(31(15-89)125-70)130-73-55(112)50(107)41(98)25(9-83)120-73/h17-18,24-76,82-89,95-114H,8-16H2,1-7H3,(H,77,90)(H,78,91)(H,79,92)(H,80,93)(H,81,94)/t17-,18-,24+,25+,26+,27+,28+,29+,30+,31+,32+,33+,34+,35+,36+,37+,38+,39+,40-,41-,42+,43+,44+,45+,46+,47+,48+,49+,50-,51-,52-,53-,54-,55+,56-,57+,58+,59+,60+,61+,62+,63-,64-,65-,66?,67-,68-,69-,70-,71-,72-,73-,74-,75-,76+/m0/s1. The highest BCUT2D eigenvalue weighted by atomic mass is 16.8. The van der Waals surface area contributed by atoms with Crippen molar-refractivity contribution in [2.45, 2.75) is 386 Å². The van der Waals surface area contributed by atoms with Crippen LogP contribution in [0.1, 0.15) is 48.5 Å². The van der Waals surface area contributed by atoms with E-state index in [0.717, 1.165) is 34.6 Å². The van der Waals surface area contributed by atoms with E-state index in [2.05, 4.69) is 26.6 Å². The molecular weight excluding hydrogens is 1850 g/mol. The van der Waals surface area contributed by atoms with Crippen LogP contribution >= 0.6 is 0 Å². The molecule has 59 nitrogen and oxygen atoms in total. The Morgan fingerprint density at radius 3 is 0.889 bits per heavy atom. The SMILES string of the molecule is CC(=O)N[C@H]1[C@H](O[C@H]2[C@H](O)[C@@H](NC(C)=O)C(O)O[C@@H]2CO)O[C@H](CO)[C@@H](O[C@@H]2O[C@H](CO[C@H]3O[C@H](CO)[C@@H](O)[C@H](O)[C@@H]3O[C@@H]3O[C@H](CO)[C@@H](O[C@@H]4O[C@H](CO)[C@H](O)[C@H](O)[C@H]4NC(C)=O)[C@H](O[C@@H]4O[C@@H](C)[C@@H](O)[C@@H](O)[C@@H]4O)[C@H]3NC(C)=O)[C@@H](O)[C@H](O[C@H]3O[C@H](CO)[C@@H](O)[C@H](O)[C@@H]3O[C@@H]3O[C@H](CO)[C@@H](O[C@@H]4O[C@H](CO)[C@H](O)[C@H](O)[C@H]4O)[C@H](O[C@@H]4O[C@@H](C)[C@@H](O)[C@@H](O)[C@@H]4O)[C@H]3NC(C)=O)[C@@H]2O)[C@@H]1O. The third kappa shape index (κ3) is 24.6. The summed E-state index contributed by atoms with van der Waals surface area (Å²) in [4.78, 5) is 65.5. The van der Waals surface area contributed by atoms with Crippen molar-refractivity contribution >= 4 is 29.5 Å². The number of hydrogen-bond donors (Lipinski definition) is 33. The predicted octanol–water partition coefficient (Wildman–Crippen LogP) is -22.2. The average Bonchev–Trinajstić information content (AvgIpc) is 0.728. The van der Waals surface area contributed by atoms with Gasteiger partial charge in [-0.15, -0.1) is 0 Å². The second-order valence-electron chi connectivity index (χ2n) is 34.5. The molecular formula is C76H127N5O54. The highest BCUT2D eigenvalue weighted by molar-refractivity contribution is 5.75. The lowest BCUT2D eigenvalue weighted by atomic mass is 9.93. The van der Waals surface area contributed by atoms with Gasteiger partial charge in [0.15, 0.2) is 69.2 Å². The van der Waals surface area contributed by atoms with Crippen LogP contribution in [0.2, 0.25) is 0 Å². The van der Waals surface area contributed by atoms with Crippen LogP contribution in [0.5, 0.6) is 0 Å². The van der Waals surface area contributed by atoms with Crippen molar-refractivity contribution < 1.29 is 266 Å². The number of rotatable bonds is 34. The molecule has 59 heteroatoms. The minimum atomic E-state index is -2.69. The maximum atomic E-state index is 13.7. The number of ether oxygens (including phenoxy) is 21. The van der Waals surface area contributed by atoms with Crippen molar-refractivity contribution in [3.05, 3.63) is 0 Å². The van der Waals surface area contributed by atoms with Gasteiger partial charge < -0.3 is 269 Å². The Kier molecular flexibility index (Phi) is 39.5. The Hall–Kier alpha value is -4.61. The number of carbonyl (C=O) groups excluding carboxylic acids is 5. The van der Waals surface area contributed by atoms with Crippen LogP contribution in [0.15, 0.2) is 0 Å². The molecule has 1 unspecified atom stereocenters. The third-order valence-electron chi connectivity index (χ3n) is 24.9. The van der Waals surface area contributed by atoms with E-state index >= 15 is 0 Å². The Bertz CT molecular complexity index is 3750. The van der Waals surface area contributed by atoms with Gasteiger partial charge in [0.1, 0.15) is 256 Å². The van der Waals surface area contributed by atoms with Gasteiger partial charge in [-0.1, -0.05) is 0 Å². The molecule has 0 aliphatic carbocycles. The van der Waals surface area contributed by atoms with Gasteiger partial charge >= 0.3 is 0 Å². The van der Waals surface area contributed by atoms with Crippen LogP contribution in [-0.4, -0.2) is 569 Å². The van der Waals surface area contributed by atoms with Crippen molar-refractivity contribution in [3.63, 3.8) is 0 Å². The lowest BCUT2D eigenvalue weighted by molar-refractivity contribution is -0.404. The van der Waals surface area contributed by atoms with Crippen LogP contribution in [0.25, 0.3) is 0 Å². The first-order valence-electron chi connectivity index (χ1n) is 43.4. The van der Waals surface area contributed by atoms with Crippen LogP contribution < -0.4 is 26.6 Å². The summed E-state index contributed by atoms with van der Waals surface area (Å²) in [5, 5.41) is 329. The molecule has 0 radical (unpaired) electrons. The van der Waals surface area contributed by atoms with Crippen LogP contribution in [0.3, 0.4) is 0 Å². The molecule has 5 amide bonds. The molecule has 0 aromatic carbocycles. The molecule has 11 fully saturated rings. The quantitative estimate of drug-likeness (QED) is 0.0284. The first kappa shape index (κ1) is 111. The van der Waals surface area contributed by atoms with Gasteiger partial charge in [0.05, 0.1) is 71.7 Å². The number of hydrogen-bond acceptors (Lipinski definition) is 54. The molecule has 135 heavy (non-hydrogen) atoms. The van der Waals surface area contributed by atoms with E-state index in [1.54, 1.807) is 0 Å². The van der Waals surface area contributed by atoms with Crippen LogP contribution in [-0.2, 0) is 123 Å². The normalized spacial score (nSPS) is 49.5. The number of amides is 5. The number of nitrogens with one attached hydrogen (secondary N) is 5. The zero-order chi connectivity index (χ0) is 99.4. The second-order valence-corrected chi connectivity index (χ2v) is 34.5. The van der Waals surface area contributed by atoms with Crippen molar-refractivity contribution in [2.75, 3.05) is 59.5 Å². The van der Waals surface area contributed by atoms with E-state index in [-0.39, 0.29) is 0 Å². The topological polar surface area (TPSA) is 906 Å².